The average Bonchev–Trinajstić information content (AvgIpc) is 3.00. The molecule has 1 heterocycles. The molecule has 0 aliphatic heterocycles. The van der Waals surface area contributed by atoms with E-state index in [4.69, 9.17) is 0 Å². The van der Waals surface area contributed by atoms with Crippen LogP contribution in [0.4, 0.5) is 0 Å². The Morgan fingerprint density at radius 1 is 0.846 bits per heavy atom. The molecule has 0 saturated carbocycles. The summed E-state index contributed by atoms with van der Waals surface area (Å²) in [7, 11) is 0. The van der Waals surface area contributed by atoms with Gasteiger partial charge in [0.1, 0.15) is 0 Å². The lowest BCUT2D eigenvalue weighted by atomic mass is 10.0. The van der Waals surface area contributed by atoms with Gasteiger partial charge in [-0.1, -0.05) is 67.8 Å². The van der Waals surface area contributed by atoms with Crippen molar-refractivity contribution in [3.63, 3.8) is 0 Å². The Kier molecular flexibility index (Phi) is 4.06. The van der Waals surface area contributed by atoms with E-state index >= 15 is 0 Å². The lowest BCUT2D eigenvalue weighted by Crippen LogP contribution is -1.94. The van der Waals surface area contributed by atoms with E-state index in [9.17, 15) is 0 Å². The summed E-state index contributed by atoms with van der Waals surface area (Å²) in [6.07, 6.45) is 5.67. The van der Waals surface area contributed by atoms with Crippen LogP contribution in [-0.2, 0) is 0 Å². The van der Waals surface area contributed by atoms with Crippen LogP contribution in [0.15, 0.2) is 98.1 Å². The van der Waals surface area contributed by atoms with Crippen LogP contribution < -0.4 is 0 Å². The van der Waals surface area contributed by atoms with Gasteiger partial charge in [-0.05, 0) is 54.0 Å². The smallest absolute Gasteiger partial charge is 0.0541 e. The summed E-state index contributed by atoms with van der Waals surface area (Å²) in [6.45, 7) is 9.88. The van der Waals surface area contributed by atoms with E-state index in [0.717, 1.165) is 11.1 Å². The quantitative estimate of drug-likeness (QED) is 0.359. The van der Waals surface area contributed by atoms with E-state index in [1.165, 1.54) is 33.1 Å². The minimum Gasteiger partial charge on any atom is -0.309 e. The minimum atomic E-state index is 1.08. The second-order valence-corrected chi connectivity index (χ2v) is 6.49. The highest BCUT2D eigenvalue weighted by Crippen LogP contribution is 2.34. The number of allylic oxidation sites excluding steroid dienone is 4. The monoisotopic (exact) mass is 335 g/mol. The number of nitrogens with zero attached hydrogens (tertiary/aromatic N) is 1. The van der Waals surface area contributed by atoms with Crippen LogP contribution in [0.3, 0.4) is 0 Å². The van der Waals surface area contributed by atoms with Crippen LogP contribution in [0.2, 0.25) is 0 Å². The number of hydrogen-bond acceptors (Lipinski definition) is 0. The van der Waals surface area contributed by atoms with Gasteiger partial charge in [-0.3, -0.25) is 0 Å². The molecule has 0 amide bonds. The predicted molar refractivity (Wildman–Crippen MR) is 114 cm³/mol. The van der Waals surface area contributed by atoms with Gasteiger partial charge in [0.25, 0.3) is 0 Å². The van der Waals surface area contributed by atoms with Crippen LogP contribution in [0.25, 0.3) is 33.1 Å². The van der Waals surface area contributed by atoms with E-state index in [1.807, 2.05) is 12.2 Å². The molecule has 0 fully saturated rings. The molecular formula is C25H21N. The molecule has 3 aromatic carbocycles. The normalized spacial score (nSPS) is 11.8. The van der Waals surface area contributed by atoms with Crippen LogP contribution in [0, 0.1) is 6.92 Å². The molecule has 0 bridgehead atoms. The van der Waals surface area contributed by atoms with Crippen molar-refractivity contribution in [2.24, 2.45) is 0 Å². The molecule has 4 aromatic rings. The summed E-state index contributed by atoms with van der Waals surface area (Å²) < 4.78 is 2.34. The van der Waals surface area contributed by atoms with Crippen molar-refractivity contribution in [2.75, 3.05) is 0 Å². The summed E-state index contributed by atoms with van der Waals surface area (Å²) in [5.41, 5.74) is 7.11. The van der Waals surface area contributed by atoms with Crippen molar-refractivity contribution in [1.29, 1.82) is 0 Å². The minimum absolute atomic E-state index is 1.08. The summed E-state index contributed by atoms with van der Waals surface area (Å²) in [5.74, 6) is 0. The SMILES string of the molecule is C=C/C=C(\C=C)c1ccc2c(c1)c1ccccc1n2-c1cccc(C)c1. The number of rotatable bonds is 4. The third-order valence-electron chi connectivity index (χ3n) is 4.78. The van der Waals surface area contributed by atoms with Crippen LogP contribution in [0.5, 0.6) is 0 Å². The third kappa shape index (κ3) is 2.58. The Balaban J connectivity index is 2.08. The van der Waals surface area contributed by atoms with Crippen molar-refractivity contribution in [3.05, 3.63) is 109 Å². The highest BCUT2D eigenvalue weighted by Gasteiger charge is 2.13. The van der Waals surface area contributed by atoms with Gasteiger partial charge in [0, 0.05) is 16.5 Å². The fraction of sp³-hybridized carbons (Fsp3) is 0.0400. The predicted octanol–water partition coefficient (Wildman–Crippen LogP) is 6.85. The lowest BCUT2D eigenvalue weighted by Gasteiger charge is -2.09. The first kappa shape index (κ1) is 16.2. The van der Waals surface area contributed by atoms with Crippen molar-refractivity contribution < 1.29 is 0 Å². The van der Waals surface area contributed by atoms with Crippen molar-refractivity contribution >= 4 is 27.4 Å². The van der Waals surface area contributed by atoms with Crippen LogP contribution in [-0.4, -0.2) is 4.57 Å². The fourth-order valence-corrected chi connectivity index (χ4v) is 3.61. The zero-order valence-corrected chi connectivity index (χ0v) is 14.9. The molecule has 26 heavy (non-hydrogen) atoms. The molecule has 126 valence electrons. The Bertz CT molecular complexity index is 1170. The van der Waals surface area contributed by atoms with Crippen molar-refractivity contribution in [2.45, 2.75) is 6.92 Å². The van der Waals surface area contributed by atoms with Gasteiger partial charge >= 0.3 is 0 Å². The summed E-state index contributed by atoms with van der Waals surface area (Å²) in [4.78, 5) is 0. The lowest BCUT2D eigenvalue weighted by molar-refractivity contribution is 1.17. The molecule has 1 heteroatoms. The van der Waals surface area contributed by atoms with Crippen molar-refractivity contribution in [1.82, 2.24) is 4.57 Å². The fourth-order valence-electron chi connectivity index (χ4n) is 3.61. The second kappa shape index (κ2) is 6.53. The topological polar surface area (TPSA) is 4.93 Å². The van der Waals surface area contributed by atoms with Gasteiger partial charge in [0.05, 0.1) is 11.0 Å². The molecule has 0 radical (unpaired) electrons. The number of aromatic nitrogens is 1. The molecule has 0 aliphatic carbocycles. The number of fused-ring (bicyclic) bond motifs is 3. The molecule has 0 atom stereocenters. The summed E-state index contributed by atoms with van der Waals surface area (Å²) in [5, 5.41) is 2.50. The average molecular weight is 335 g/mol. The van der Waals surface area contributed by atoms with Crippen molar-refractivity contribution in [3.8, 4) is 5.69 Å². The van der Waals surface area contributed by atoms with Gasteiger partial charge < -0.3 is 4.57 Å². The molecule has 0 aliphatic rings. The van der Waals surface area contributed by atoms with Crippen LogP contribution in [0.1, 0.15) is 11.1 Å². The first-order chi connectivity index (χ1) is 12.7. The molecule has 0 saturated heterocycles. The van der Waals surface area contributed by atoms with E-state index in [-0.39, 0.29) is 0 Å². The molecule has 0 spiro atoms. The second-order valence-electron chi connectivity index (χ2n) is 6.49. The first-order valence-electron chi connectivity index (χ1n) is 8.78. The Hall–Kier alpha value is -3.32. The number of aryl methyl sites for hydroxylation is 1. The van der Waals surface area contributed by atoms with Gasteiger partial charge in [-0.2, -0.15) is 0 Å². The summed E-state index contributed by atoms with van der Waals surface area (Å²) >= 11 is 0. The number of hydrogen-bond donors (Lipinski definition) is 0. The third-order valence-corrected chi connectivity index (χ3v) is 4.78. The zero-order chi connectivity index (χ0) is 18.1. The van der Waals surface area contributed by atoms with E-state index in [0.29, 0.717) is 0 Å². The maximum absolute atomic E-state index is 3.94. The summed E-state index contributed by atoms with van der Waals surface area (Å²) in [6, 6.07) is 23.8. The Morgan fingerprint density at radius 3 is 2.42 bits per heavy atom. The van der Waals surface area contributed by atoms with Crippen LogP contribution >= 0.6 is 0 Å². The molecule has 0 N–H and O–H groups in total. The van der Waals surface area contributed by atoms with Gasteiger partial charge in [0.2, 0.25) is 0 Å². The first-order valence-corrected chi connectivity index (χ1v) is 8.78. The van der Waals surface area contributed by atoms with E-state index < -0.39 is 0 Å². The maximum Gasteiger partial charge on any atom is 0.0541 e. The molecule has 1 nitrogen and oxygen atoms in total. The Morgan fingerprint density at radius 2 is 1.65 bits per heavy atom. The molecule has 4 rings (SSSR count). The maximum atomic E-state index is 3.94. The van der Waals surface area contributed by atoms with E-state index in [2.05, 4.69) is 91.4 Å². The Labute approximate surface area is 154 Å². The zero-order valence-electron chi connectivity index (χ0n) is 14.9. The molecule has 1 aromatic heterocycles. The molecular weight excluding hydrogens is 314 g/mol. The van der Waals surface area contributed by atoms with Gasteiger partial charge in [-0.25, -0.2) is 0 Å². The number of benzene rings is 3. The highest BCUT2D eigenvalue weighted by atomic mass is 15.0. The van der Waals surface area contributed by atoms with Gasteiger partial charge in [-0.15, -0.1) is 0 Å². The van der Waals surface area contributed by atoms with E-state index in [1.54, 1.807) is 6.08 Å². The standard InChI is InChI=1S/C25H21N/c1-4-9-19(5-2)20-14-15-25-23(17-20)22-12-6-7-13-24(22)26(25)21-11-8-10-18(3)16-21/h4-17H,1-2H2,3H3/b19-9+. The van der Waals surface area contributed by atoms with Gasteiger partial charge in [0.15, 0.2) is 0 Å². The number of para-hydroxylation sites is 1. The molecule has 0 unspecified atom stereocenters. The largest absolute Gasteiger partial charge is 0.309 e. The highest BCUT2D eigenvalue weighted by molar-refractivity contribution is 6.10.